The van der Waals surface area contributed by atoms with Gasteiger partial charge in [-0.25, -0.2) is 5.43 Å². The quantitative estimate of drug-likeness (QED) is 0.420. The summed E-state index contributed by atoms with van der Waals surface area (Å²) < 4.78 is 16.3. The summed E-state index contributed by atoms with van der Waals surface area (Å²) in [6.07, 6.45) is 1.59. The number of ether oxygens (including phenoxy) is 3. The van der Waals surface area contributed by atoms with Gasteiger partial charge in [-0.1, -0.05) is 0 Å². The third kappa shape index (κ3) is 8.38. The van der Waals surface area contributed by atoms with Gasteiger partial charge in [-0.15, -0.1) is 0 Å². The Kier molecular flexibility index (Phi) is 9.35. The van der Waals surface area contributed by atoms with Crippen molar-refractivity contribution in [2.75, 3.05) is 19.0 Å². The Bertz CT molecular complexity index is 895. The summed E-state index contributed by atoms with van der Waals surface area (Å²) in [5.74, 6) is 1.34. The highest BCUT2D eigenvalue weighted by Crippen LogP contribution is 2.28. The zero-order valence-corrected chi connectivity index (χ0v) is 18.3. The zero-order valence-electron chi connectivity index (χ0n) is 18.3. The molecule has 0 atom stereocenters. The Labute approximate surface area is 182 Å². The van der Waals surface area contributed by atoms with Crippen LogP contribution in [0, 0.1) is 0 Å². The van der Waals surface area contributed by atoms with Gasteiger partial charge in [0.1, 0.15) is 5.75 Å². The minimum absolute atomic E-state index is 0.0185. The lowest BCUT2D eigenvalue weighted by molar-refractivity contribution is -0.124. The SMILES string of the molecule is CCOc1ccc(NC(=O)CCC(=O)N/N=C\c2ccc(OC(C)C)c(OC)c2)cc1. The molecule has 0 saturated heterocycles. The van der Waals surface area contributed by atoms with E-state index in [0.717, 1.165) is 11.3 Å². The monoisotopic (exact) mass is 427 g/mol. The predicted octanol–water partition coefficient (Wildman–Crippen LogP) is 3.75. The van der Waals surface area contributed by atoms with Crippen LogP contribution in [0.15, 0.2) is 47.6 Å². The van der Waals surface area contributed by atoms with Crippen LogP contribution in [-0.4, -0.2) is 37.8 Å². The Morgan fingerprint density at radius 3 is 2.39 bits per heavy atom. The van der Waals surface area contributed by atoms with Crippen molar-refractivity contribution >= 4 is 23.7 Å². The van der Waals surface area contributed by atoms with E-state index in [1.807, 2.05) is 20.8 Å². The van der Waals surface area contributed by atoms with Gasteiger partial charge in [0, 0.05) is 18.5 Å². The molecule has 166 valence electrons. The minimum Gasteiger partial charge on any atom is -0.494 e. The number of nitrogens with one attached hydrogen (secondary N) is 2. The second kappa shape index (κ2) is 12.2. The van der Waals surface area contributed by atoms with Crippen LogP contribution in [0.5, 0.6) is 17.2 Å². The molecule has 0 unspecified atom stereocenters. The van der Waals surface area contributed by atoms with Gasteiger partial charge in [-0.3, -0.25) is 9.59 Å². The number of benzene rings is 2. The molecule has 8 nitrogen and oxygen atoms in total. The van der Waals surface area contributed by atoms with Crippen LogP contribution in [0.2, 0.25) is 0 Å². The second-order valence-corrected chi connectivity index (χ2v) is 6.88. The van der Waals surface area contributed by atoms with Gasteiger partial charge in [0.15, 0.2) is 11.5 Å². The maximum atomic E-state index is 12.0. The first-order chi connectivity index (χ1) is 14.9. The Morgan fingerprint density at radius 2 is 1.74 bits per heavy atom. The molecule has 2 amide bonds. The summed E-state index contributed by atoms with van der Waals surface area (Å²) in [5, 5.41) is 6.67. The van der Waals surface area contributed by atoms with Crippen molar-refractivity contribution in [3.05, 3.63) is 48.0 Å². The van der Waals surface area contributed by atoms with Gasteiger partial charge in [0.05, 0.1) is 26.0 Å². The summed E-state index contributed by atoms with van der Waals surface area (Å²) in [7, 11) is 1.56. The van der Waals surface area contributed by atoms with Gasteiger partial charge in [-0.2, -0.15) is 5.10 Å². The standard InChI is InChI=1S/C23H29N3O5/c1-5-30-19-9-7-18(8-10-19)25-22(27)12-13-23(28)26-24-15-17-6-11-20(31-16(2)3)21(14-17)29-4/h6-11,14-16H,5,12-13H2,1-4H3,(H,25,27)(H,26,28)/b24-15-. The molecule has 0 fully saturated rings. The van der Waals surface area contributed by atoms with Crippen molar-refractivity contribution in [3.8, 4) is 17.2 Å². The molecule has 2 aromatic rings. The van der Waals surface area contributed by atoms with Crippen molar-refractivity contribution in [2.45, 2.75) is 39.7 Å². The summed E-state index contributed by atoms with van der Waals surface area (Å²) >= 11 is 0. The van der Waals surface area contributed by atoms with E-state index in [2.05, 4.69) is 15.8 Å². The normalized spacial score (nSPS) is 10.7. The average Bonchev–Trinajstić information content (AvgIpc) is 2.74. The smallest absolute Gasteiger partial charge is 0.240 e. The van der Waals surface area contributed by atoms with Gasteiger partial charge >= 0.3 is 0 Å². The van der Waals surface area contributed by atoms with Crippen molar-refractivity contribution in [2.24, 2.45) is 5.10 Å². The van der Waals surface area contributed by atoms with E-state index in [1.54, 1.807) is 49.6 Å². The van der Waals surface area contributed by atoms with Gasteiger partial charge in [0.25, 0.3) is 0 Å². The molecule has 2 aromatic carbocycles. The highest BCUT2D eigenvalue weighted by atomic mass is 16.5. The molecule has 0 bridgehead atoms. The lowest BCUT2D eigenvalue weighted by Crippen LogP contribution is -2.20. The first-order valence-corrected chi connectivity index (χ1v) is 10.1. The van der Waals surface area contributed by atoms with Crippen LogP contribution in [0.3, 0.4) is 0 Å². The Morgan fingerprint density at radius 1 is 1.03 bits per heavy atom. The molecular weight excluding hydrogens is 398 g/mol. The maximum absolute atomic E-state index is 12.0. The van der Waals surface area contributed by atoms with Crippen LogP contribution in [0.4, 0.5) is 5.69 Å². The molecule has 0 saturated carbocycles. The van der Waals surface area contributed by atoms with Gasteiger partial charge < -0.3 is 19.5 Å². The van der Waals surface area contributed by atoms with E-state index in [1.165, 1.54) is 6.21 Å². The van der Waals surface area contributed by atoms with Crippen molar-refractivity contribution < 1.29 is 23.8 Å². The third-order valence-corrected chi connectivity index (χ3v) is 3.98. The fourth-order valence-electron chi connectivity index (χ4n) is 2.60. The molecule has 2 rings (SSSR count). The number of hydrogen-bond donors (Lipinski definition) is 2. The number of amides is 2. The largest absolute Gasteiger partial charge is 0.494 e. The van der Waals surface area contributed by atoms with Crippen molar-refractivity contribution in [1.29, 1.82) is 0 Å². The molecule has 31 heavy (non-hydrogen) atoms. The van der Waals surface area contributed by atoms with E-state index in [4.69, 9.17) is 14.2 Å². The topological polar surface area (TPSA) is 98.2 Å². The summed E-state index contributed by atoms with van der Waals surface area (Å²) in [6.45, 7) is 6.35. The molecule has 0 radical (unpaired) electrons. The summed E-state index contributed by atoms with van der Waals surface area (Å²) in [4.78, 5) is 24.0. The molecule has 0 aliphatic heterocycles. The number of nitrogens with zero attached hydrogens (tertiary/aromatic N) is 1. The van der Waals surface area contributed by atoms with Crippen LogP contribution >= 0.6 is 0 Å². The molecule has 0 aliphatic rings. The van der Waals surface area contributed by atoms with Crippen molar-refractivity contribution in [1.82, 2.24) is 5.43 Å². The Balaban J connectivity index is 1.78. The van der Waals surface area contributed by atoms with Crippen LogP contribution < -0.4 is 25.0 Å². The molecule has 0 spiro atoms. The van der Waals surface area contributed by atoms with E-state index in [9.17, 15) is 9.59 Å². The number of rotatable bonds is 11. The predicted molar refractivity (Wildman–Crippen MR) is 120 cm³/mol. The number of hydrazone groups is 1. The lowest BCUT2D eigenvalue weighted by Gasteiger charge is -2.13. The number of carbonyl (C=O) groups is 2. The van der Waals surface area contributed by atoms with E-state index >= 15 is 0 Å². The average molecular weight is 428 g/mol. The molecule has 2 N–H and O–H groups in total. The molecule has 0 heterocycles. The highest BCUT2D eigenvalue weighted by Gasteiger charge is 2.08. The number of hydrogen-bond acceptors (Lipinski definition) is 6. The van der Waals surface area contributed by atoms with Gasteiger partial charge in [-0.05, 0) is 68.8 Å². The Hall–Kier alpha value is -3.55. The van der Waals surface area contributed by atoms with Crippen LogP contribution in [-0.2, 0) is 9.59 Å². The fraction of sp³-hybridized carbons (Fsp3) is 0.348. The van der Waals surface area contributed by atoms with E-state index in [-0.39, 0.29) is 30.8 Å². The zero-order chi connectivity index (χ0) is 22.6. The maximum Gasteiger partial charge on any atom is 0.240 e. The lowest BCUT2D eigenvalue weighted by atomic mass is 10.2. The van der Waals surface area contributed by atoms with E-state index in [0.29, 0.717) is 23.8 Å². The van der Waals surface area contributed by atoms with Crippen LogP contribution in [0.25, 0.3) is 0 Å². The van der Waals surface area contributed by atoms with E-state index < -0.39 is 0 Å². The molecular formula is C23H29N3O5. The van der Waals surface area contributed by atoms with Crippen molar-refractivity contribution in [3.63, 3.8) is 0 Å². The third-order valence-electron chi connectivity index (χ3n) is 3.98. The molecule has 0 aromatic heterocycles. The summed E-state index contributed by atoms with van der Waals surface area (Å²) in [5.41, 5.74) is 3.80. The number of carbonyl (C=O) groups excluding carboxylic acids is 2. The first-order valence-electron chi connectivity index (χ1n) is 10.1. The molecule has 8 heteroatoms. The van der Waals surface area contributed by atoms with Gasteiger partial charge in [0.2, 0.25) is 11.8 Å². The number of methoxy groups -OCH3 is 1. The minimum atomic E-state index is -0.357. The second-order valence-electron chi connectivity index (χ2n) is 6.88. The van der Waals surface area contributed by atoms with Crippen LogP contribution in [0.1, 0.15) is 39.2 Å². The summed E-state index contributed by atoms with van der Waals surface area (Å²) in [6, 6.07) is 12.4. The fourth-order valence-corrected chi connectivity index (χ4v) is 2.60. The number of anilines is 1. The highest BCUT2D eigenvalue weighted by molar-refractivity contribution is 5.93. The first kappa shape index (κ1) is 23.7. The molecule has 0 aliphatic carbocycles.